The number of piperidine rings is 1. The van der Waals surface area contributed by atoms with Crippen molar-refractivity contribution in [1.82, 2.24) is 4.90 Å². The zero-order chi connectivity index (χ0) is 16.6. The van der Waals surface area contributed by atoms with E-state index in [-0.39, 0.29) is 0 Å². The van der Waals surface area contributed by atoms with Crippen LogP contribution in [0.5, 0.6) is 11.5 Å². The molecule has 1 fully saturated rings. The van der Waals surface area contributed by atoms with Gasteiger partial charge in [-0.2, -0.15) is 0 Å². The van der Waals surface area contributed by atoms with Gasteiger partial charge >= 0.3 is 0 Å². The van der Waals surface area contributed by atoms with Crippen LogP contribution >= 0.6 is 0 Å². The Hall–Kier alpha value is -2.00. The van der Waals surface area contributed by atoms with E-state index in [4.69, 9.17) is 9.47 Å². The first-order valence-corrected chi connectivity index (χ1v) is 8.96. The number of hydrogen-bond donors (Lipinski definition) is 0. The molecule has 0 aromatic heterocycles. The lowest BCUT2D eigenvalue weighted by atomic mass is 10.0. The molecule has 24 heavy (non-hydrogen) atoms. The van der Waals surface area contributed by atoms with Crippen LogP contribution in [0.2, 0.25) is 0 Å². The third kappa shape index (κ3) is 4.51. The highest BCUT2D eigenvalue weighted by molar-refractivity contribution is 5.57. The Morgan fingerprint density at radius 1 is 1.08 bits per heavy atom. The molecule has 1 aromatic carbocycles. The summed E-state index contributed by atoms with van der Waals surface area (Å²) in [5, 5.41) is 0. The lowest BCUT2D eigenvalue weighted by Gasteiger charge is -2.32. The molecule has 128 valence electrons. The van der Waals surface area contributed by atoms with E-state index < -0.39 is 0 Å². The SMILES string of the molecule is C=CCCC(/C=C/C=C/c1ccc2c(c1)OCO2)N1CCCCC1. The van der Waals surface area contributed by atoms with Crippen molar-refractivity contribution in [2.24, 2.45) is 0 Å². The second-order valence-corrected chi connectivity index (χ2v) is 6.39. The number of rotatable bonds is 7. The van der Waals surface area contributed by atoms with Crippen LogP contribution in [0.4, 0.5) is 0 Å². The first kappa shape index (κ1) is 16.8. The van der Waals surface area contributed by atoms with Gasteiger partial charge in [-0.05, 0) is 56.5 Å². The molecule has 3 rings (SSSR count). The zero-order valence-electron chi connectivity index (χ0n) is 14.3. The summed E-state index contributed by atoms with van der Waals surface area (Å²) < 4.78 is 10.8. The third-order valence-corrected chi connectivity index (χ3v) is 4.66. The van der Waals surface area contributed by atoms with Crippen LogP contribution < -0.4 is 9.47 Å². The summed E-state index contributed by atoms with van der Waals surface area (Å²) in [4.78, 5) is 2.61. The maximum atomic E-state index is 5.42. The highest BCUT2D eigenvalue weighted by atomic mass is 16.7. The lowest BCUT2D eigenvalue weighted by molar-refractivity contribution is 0.174. The van der Waals surface area contributed by atoms with E-state index in [1.807, 2.05) is 18.2 Å². The minimum absolute atomic E-state index is 0.323. The molecule has 1 atom stereocenters. The van der Waals surface area contributed by atoms with Crippen LogP contribution in [0.15, 0.2) is 49.1 Å². The minimum atomic E-state index is 0.323. The van der Waals surface area contributed by atoms with Crippen molar-refractivity contribution in [3.63, 3.8) is 0 Å². The van der Waals surface area contributed by atoms with Gasteiger partial charge in [-0.25, -0.2) is 0 Å². The summed E-state index contributed by atoms with van der Waals surface area (Å²) in [6.45, 7) is 6.63. The molecule has 0 spiro atoms. The summed E-state index contributed by atoms with van der Waals surface area (Å²) in [7, 11) is 0. The van der Waals surface area contributed by atoms with Crippen molar-refractivity contribution in [3.05, 3.63) is 54.6 Å². The molecule has 2 heterocycles. The number of hydrogen-bond acceptors (Lipinski definition) is 3. The van der Waals surface area contributed by atoms with Gasteiger partial charge in [0.05, 0.1) is 0 Å². The number of nitrogens with zero attached hydrogens (tertiary/aromatic N) is 1. The monoisotopic (exact) mass is 325 g/mol. The highest BCUT2D eigenvalue weighted by Gasteiger charge is 2.17. The number of likely N-dealkylation sites (tertiary alicyclic amines) is 1. The Bertz CT molecular complexity index is 600. The minimum Gasteiger partial charge on any atom is -0.454 e. The van der Waals surface area contributed by atoms with Gasteiger partial charge in [0.2, 0.25) is 6.79 Å². The van der Waals surface area contributed by atoms with Crippen molar-refractivity contribution in [1.29, 1.82) is 0 Å². The van der Waals surface area contributed by atoms with E-state index in [0.717, 1.165) is 29.9 Å². The van der Waals surface area contributed by atoms with Crippen molar-refractivity contribution < 1.29 is 9.47 Å². The van der Waals surface area contributed by atoms with Gasteiger partial charge in [0.25, 0.3) is 0 Å². The fourth-order valence-corrected chi connectivity index (χ4v) is 3.32. The first-order chi connectivity index (χ1) is 11.9. The van der Waals surface area contributed by atoms with Crippen molar-refractivity contribution >= 4 is 6.08 Å². The molecule has 0 radical (unpaired) electrons. The van der Waals surface area contributed by atoms with E-state index in [1.165, 1.54) is 32.4 Å². The Kier molecular flexibility index (Phi) is 6.13. The third-order valence-electron chi connectivity index (χ3n) is 4.66. The maximum absolute atomic E-state index is 5.42. The van der Waals surface area contributed by atoms with Gasteiger partial charge in [-0.1, -0.05) is 42.9 Å². The number of benzene rings is 1. The molecule has 2 aliphatic rings. The molecule has 0 N–H and O–H groups in total. The Balaban J connectivity index is 1.59. The molecule has 3 heteroatoms. The molecule has 0 amide bonds. The van der Waals surface area contributed by atoms with Crippen molar-refractivity contribution in [2.45, 2.75) is 38.1 Å². The van der Waals surface area contributed by atoms with E-state index in [9.17, 15) is 0 Å². The average Bonchev–Trinajstić information content (AvgIpc) is 3.09. The molecule has 3 nitrogen and oxygen atoms in total. The van der Waals surface area contributed by atoms with Crippen LogP contribution in [-0.2, 0) is 0 Å². The van der Waals surface area contributed by atoms with Crippen molar-refractivity contribution in [3.8, 4) is 11.5 Å². The molecule has 1 unspecified atom stereocenters. The standard InChI is InChI=1S/C21H27NO2/c1-2-3-10-19(22-14-7-4-8-15-22)11-6-5-9-18-12-13-20-21(16-18)24-17-23-20/h2,5-6,9,11-13,16,19H,1,3-4,7-8,10,14-15,17H2/b9-5+,11-6+. The molecular weight excluding hydrogens is 298 g/mol. The van der Waals surface area contributed by atoms with Gasteiger partial charge in [-0.3, -0.25) is 4.90 Å². The topological polar surface area (TPSA) is 21.7 Å². The van der Waals surface area contributed by atoms with Gasteiger partial charge < -0.3 is 9.47 Å². The van der Waals surface area contributed by atoms with Gasteiger partial charge in [0, 0.05) is 6.04 Å². The fourth-order valence-electron chi connectivity index (χ4n) is 3.32. The number of ether oxygens (including phenoxy) is 2. The second kappa shape index (κ2) is 8.74. The molecular formula is C21H27NO2. The summed E-state index contributed by atoms with van der Waals surface area (Å²) in [5.74, 6) is 1.66. The summed E-state index contributed by atoms with van der Waals surface area (Å²) in [6.07, 6.45) is 17.0. The van der Waals surface area contributed by atoms with E-state index in [1.54, 1.807) is 0 Å². The molecule has 2 aliphatic heterocycles. The van der Waals surface area contributed by atoms with Crippen LogP contribution in [0, 0.1) is 0 Å². The maximum Gasteiger partial charge on any atom is 0.231 e. The van der Waals surface area contributed by atoms with Crippen LogP contribution in [0.3, 0.4) is 0 Å². The number of fused-ring (bicyclic) bond motifs is 1. The fraction of sp³-hybridized carbons (Fsp3) is 0.429. The van der Waals surface area contributed by atoms with Crippen LogP contribution in [-0.4, -0.2) is 30.8 Å². The van der Waals surface area contributed by atoms with E-state index in [0.29, 0.717) is 12.8 Å². The highest BCUT2D eigenvalue weighted by Crippen LogP contribution is 2.32. The lowest BCUT2D eigenvalue weighted by Crippen LogP contribution is -2.38. The Labute approximate surface area is 145 Å². The molecule has 0 aliphatic carbocycles. The zero-order valence-corrected chi connectivity index (χ0v) is 14.3. The van der Waals surface area contributed by atoms with Gasteiger partial charge in [0.15, 0.2) is 11.5 Å². The average molecular weight is 325 g/mol. The summed E-state index contributed by atoms with van der Waals surface area (Å²) in [6, 6.07) is 6.56. The normalized spacial score (nSPS) is 19.2. The van der Waals surface area contributed by atoms with Crippen molar-refractivity contribution in [2.75, 3.05) is 19.9 Å². The molecule has 0 saturated carbocycles. The molecule has 1 saturated heterocycles. The summed E-state index contributed by atoms with van der Waals surface area (Å²) in [5.41, 5.74) is 1.13. The van der Waals surface area contributed by atoms with Crippen LogP contribution in [0.25, 0.3) is 6.08 Å². The summed E-state index contributed by atoms with van der Waals surface area (Å²) >= 11 is 0. The largest absolute Gasteiger partial charge is 0.454 e. The molecule has 1 aromatic rings. The predicted octanol–water partition coefficient (Wildman–Crippen LogP) is 4.81. The Morgan fingerprint density at radius 3 is 2.75 bits per heavy atom. The smallest absolute Gasteiger partial charge is 0.231 e. The first-order valence-electron chi connectivity index (χ1n) is 8.96. The van der Waals surface area contributed by atoms with Crippen LogP contribution in [0.1, 0.15) is 37.7 Å². The predicted molar refractivity (Wildman–Crippen MR) is 99.4 cm³/mol. The van der Waals surface area contributed by atoms with E-state index >= 15 is 0 Å². The van der Waals surface area contributed by atoms with Gasteiger partial charge in [0.1, 0.15) is 0 Å². The molecule has 0 bridgehead atoms. The van der Waals surface area contributed by atoms with Gasteiger partial charge in [-0.15, -0.1) is 6.58 Å². The van der Waals surface area contributed by atoms with E-state index in [2.05, 4.69) is 41.8 Å². The second-order valence-electron chi connectivity index (χ2n) is 6.39. The quantitative estimate of drug-likeness (QED) is 0.531. The Morgan fingerprint density at radius 2 is 1.92 bits per heavy atom. The number of allylic oxidation sites excluding steroid dienone is 3.